The Morgan fingerprint density at radius 3 is 2.75 bits per heavy atom. The average molecular weight is 274 g/mol. The first-order valence-electron chi connectivity index (χ1n) is 7.93. The van der Waals surface area contributed by atoms with E-state index in [4.69, 9.17) is 0 Å². The fraction of sp³-hybridized carbons (Fsp3) is 0.588. The van der Waals surface area contributed by atoms with Gasteiger partial charge in [0, 0.05) is 18.7 Å². The third-order valence-electron chi connectivity index (χ3n) is 3.92. The highest BCUT2D eigenvalue weighted by Crippen LogP contribution is 2.24. The van der Waals surface area contributed by atoms with Crippen LogP contribution in [0.3, 0.4) is 0 Å². The van der Waals surface area contributed by atoms with Gasteiger partial charge in [-0.05, 0) is 18.1 Å². The summed E-state index contributed by atoms with van der Waals surface area (Å²) in [7, 11) is 0. The second-order valence-electron chi connectivity index (χ2n) is 5.62. The number of amides is 1. The first-order chi connectivity index (χ1) is 9.81. The monoisotopic (exact) mass is 274 g/mol. The molecule has 0 saturated heterocycles. The van der Waals surface area contributed by atoms with Gasteiger partial charge < -0.3 is 10.6 Å². The maximum Gasteiger partial charge on any atom is 0.242 e. The standard InChI is InChI=1S/C17H26N2O/c1-2-3-4-5-6-9-12-18-17(20)16-13-14-10-7-8-11-15(14)19-16/h7-8,10-11,16,19H,2-6,9,12-13H2,1H3,(H,18,20)/t16-/m0/s1. The van der Waals surface area contributed by atoms with Crippen LogP contribution in [0, 0.1) is 0 Å². The summed E-state index contributed by atoms with van der Waals surface area (Å²) in [5.74, 6) is 0.134. The molecule has 1 aromatic carbocycles. The summed E-state index contributed by atoms with van der Waals surface area (Å²) >= 11 is 0. The van der Waals surface area contributed by atoms with Crippen molar-refractivity contribution in [3.05, 3.63) is 29.8 Å². The summed E-state index contributed by atoms with van der Waals surface area (Å²) < 4.78 is 0. The van der Waals surface area contributed by atoms with E-state index in [-0.39, 0.29) is 11.9 Å². The number of unbranched alkanes of at least 4 members (excludes halogenated alkanes) is 5. The van der Waals surface area contributed by atoms with Crippen molar-refractivity contribution in [2.45, 2.75) is 57.9 Å². The van der Waals surface area contributed by atoms with Crippen LogP contribution in [0.15, 0.2) is 24.3 Å². The van der Waals surface area contributed by atoms with E-state index in [0.29, 0.717) is 0 Å². The van der Waals surface area contributed by atoms with Gasteiger partial charge in [-0.15, -0.1) is 0 Å². The molecule has 0 aliphatic carbocycles. The van der Waals surface area contributed by atoms with E-state index < -0.39 is 0 Å². The SMILES string of the molecule is CCCCCCCCNC(=O)[C@@H]1Cc2ccccc2N1. The summed E-state index contributed by atoms with van der Waals surface area (Å²) in [5, 5.41) is 6.34. The number of hydrogen-bond donors (Lipinski definition) is 2. The molecule has 20 heavy (non-hydrogen) atoms. The molecular formula is C17H26N2O. The van der Waals surface area contributed by atoms with Crippen molar-refractivity contribution in [3.8, 4) is 0 Å². The van der Waals surface area contributed by atoms with E-state index in [1.807, 2.05) is 18.2 Å². The van der Waals surface area contributed by atoms with Crippen LogP contribution >= 0.6 is 0 Å². The number of anilines is 1. The Morgan fingerprint density at radius 1 is 1.20 bits per heavy atom. The smallest absolute Gasteiger partial charge is 0.242 e. The van der Waals surface area contributed by atoms with E-state index in [1.165, 1.54) is 37.7 Å². The molecule has 0 bridgehead atoms. The third kappa shape index (κ3) is 4.26. The van der Waals surface area contributed by atoms with Gasteiger partial charge in [0.05, 0.1) is 0 Å². The van der Waals surface area contributed by atoms with Crippen molar-refractivity contribution >= 4 is 11.6 Å². The van der Waals surface area contributed by atoms with E-state index in [9.17, 15) is 4.79 Å². The molecule has 1 atom stereocenters. The average Bonchev–Trinajstić information content (AvgIpc) is 2.90. The van der Waals surface area contributed by atoms with Gasteiger partial charge in [0.2, 0.25) is 5.91 Å². The highest BCUT2D eigenvalue weighted by atomic mass is 16.2. The highest BCUT2D eigenvalue weighted by molar-refractivity contribution is 5.87. The minimum absolute atomic E-state index is 0.0903. The van der Waals surface area contributed by atoms with Gasteiger partial charge in [0.1, 0.15) is 6.04 Å². The van der Waals surface area contributed by atoms with Gasteiger partial charge in [-0.2, -0.15) is 0 Å². The second kappa shape index (κ2) is 7.93. The molecule has 3 nitrogen and oxygen atoms in total. The van der Waals surface area contributed by atoms with Gasteiger partial charge in [0.25, 0.3) is 0 Å². The van der Waals surface area contributed by atoms with Crippen molar-refractivity contribution in [1.29, 1.82) is 0 Å². The van der Waals surface area contributed by atoms with Crippen LogP contribution in [-0.4, -0.2) is 18.5 Å². The number of hydrogen-bond acceptors (Lipinski definition) is 2. The molecule has 1 heterocycles. The van der Waals surface area contributed by atoms with Gasteiger partial charge >= 0.3 is 0 Å². The van der Waals surface area contributed by atoms with Crippen LogP contribution in [0.5, 0.6) is 0 Å². The maximum atomic E-state index is 12.1. The molecule has 1 amide bonds. The number of fused-ring (bicyclic) bond motifs is 1. The molecule has 110 valence electrons. The largest absolute Gasteiger partial charge is 0.373 e. The number of para-hydroxylation sites is 1. The summed E-state index contributed by atoms with van der Waals surface area (Å²) in [6, 6.07) is 8.06. The maximum absolute atomic E-state index is 12.1. The minimum Gasteiger partial charge on any atom is -0.373 e. The minimum atomic E-state index is -0.0903. The zero-order valence-corrected chi connectivity index (χ0v) is 12.5. The second-order valence-corrected chi connectivity index (χ2v) is 5.62. The molecule has 0 spiro atoms. The van der Waals surface area contributed by atoms with Crippen molar-refractivity contribution < 1.29 is 4.79 Å². The lowest BCUT2D eigenvalue weighted by Crippen LogP contribution is -2.38. The predicted molar refractivity (Wildman–Crippen MR) is 83.9 cm³/mol. The molecule has 2 N–H and O–H groups in total. The Hall–Kier alpha value is -1.51. The number of rotatable bonds is 8. The Labute approximate surface area is 122 Å². The van der Waals surface area contributed by atoms with Crippen molar-refractivity contribution in [3.63, 3.8) is 0 Å². The summed E-state index contributed by atoms with van der Waals surface area (Å²) in [6.45, 7) is 3.03. The summed E-state index contributed by atoms with van der Waals surface area (Å²) in [4.78, 5) is 12.1. The quantitative estimate of drug-likeness (QED) is 0.712. The Bertz CT molecular complexity index is 406. The van der Waals surface area contributed by atoms with E-state index in [0.717, 1.165) is 25.1 Å². The van der Waals surface area contributed by atoms with E-state index in [2.05, 4.69) is 23.6 Å². The van der Waals surface area contributed by atoms with Gasteiger partial charge in [-0.3, -0.25) is 4.79 Å². The fourth-order valence-corrected chi connectivity index (χ4v) is 2.70. The van der Waals surface area contributed by atoms with Crippen molar-refractivity contribution in [2.24, 2.45) is 0 Å². The first-order valence-corrected chi connectivity index (χ1v) is 7.93. The number of carbonyl (C=O) groups excluding carboxylic acids is 1. The van der Waals surface area contributed by atoms with Crippen molar-refractivity contribution in [2.75, 3.05) is 11.9 Å². The Kier molecular flexibility index (Phi) is 5.90. The lowest BCUT2D eigenvalue weighted by Gasteiger charge is -2.11. The molecule has 0 saturated carbocycles. The molecule has 0 radical (unpaired) electrons. The molecular weight excluding hydrogens is 248 g/mol. The summed E-state index contributed by atoms with van der Waals surface area (Å²) in [6.07, 6.45) is 8.34. The van der Waals surface area contributed by atoms with Crippen LogP contribution in [0.25, 0.3) is 0 Å². The molecule has 1 aliphatic heterocycles. The topological polar surface area (TPSA) is 41.1 Å². The zero-order valence-electron chi connectivity index (χ0n) is 12.5. The molecule has 1 aromatic rings. The van der Waals surface area contributed by atoms with Gasteiger partial charge in [0.15, 0.2) is 0 Å². The zero-order chi connectivity index (χ0) is 14.2. The van der Waals surface area contributed by atoms with Crippen LogP contribution < -0.4 is 10.6 Å². The number of nitrogens with one attached hydrogen (secondary N) is 2. The van der Waals surface area contributed by atoms with Crippen LogP contribution in [-0.2, 0) is 11.2 Å². The lowest BCUT2D eigenvalue weighted by molar-refractivity contribution is -0.121. The van der Waals surface area contributed by atoms with E-state index >= 15 is 0 Å². The van der Waals surface area contributed by atoms with Gasteiger partial charge in [-0.25, -0.2) is 0 Å². The molecule has 0 aromatic heterocycles. The highest BCUT2D eigenvalue weighted by Gasteiger charge is 2.25. The van der Waals surface area contributed by atoms with E-state index in [1.54, 1.807) is 0 Å². The molecule has 0 fully saturated rings. The first kappa shape index (κ1) is 14.9. The van der Waals surface area contributed by atoms with Crippen molar-refractivity contribution in [1.82, 2.24) is 5.32 Å². The van der Waals surface area contributed by atoms with Crippen LogP contribution in [0.4, 0.5) is 5.69 Å². The van der Waals surface area contributed by atoms with Gasteiger partial charge in [-0.1, -0.05) is 57.2 Å². The fourth-order valence-electron chi connectivity index (χ4n) is 2.70. The molecule has 0 unspecified atom stereocenters. The molecule has 3 heteroatoms. The predicted octanol–water partition coefficient (Wildman–Crippen LogP) is 3.50. The normalized spacial score (nSPS) is 16.6. The number of carbonyl (C=O) groups is 1. The third-order valence-corrected chi connectivity index (χ3v) is 3.92. The lowest BCUT2D eigenvalue weighted by atomic mass is 10.1. The Morgan fingerprint density at radius 2 is 1.95 bits per heavy atom. The molecule has 1 aliphatic rings. The Balaban J connectivity index is 1.60. The molecule has 2 rings (SSSR count). The van der Waals surface area contributed by atoms with Crippen LogP contribution in [0.2, 0.25) is 0 Å². The summed E-state index contributed by atoms with van der Waals surface area (Å²) in [5.41, 5.74) is 2.35. The number of benzene rings is 1. The van der Waals surface area contributed by atoms with Crippen LogP contribution in [0.1, 0.15) is 51.0 Å².